The lowest BCUT2D eigenvalue weighted by Crippen LogP contribution is -2.39. The summed E-state index contributed by atoms with van der Waals surface area (Å²) >= 11 is 1.65. The van der Waals surface area contributed by atoms with Crippen molar-refractivity contribution in [3.63, 3.8) is 0 Å². The molecule has 0 aromatic carbocycles. The lowest BCUT2D eigenvalue weighted by molar-refractivity contribution is -0.139. The first-order chi connectivity index (χ1) is 9.54. The van der Waals surface area contributed by atoms with Crippen LogP contribution in [0.25, 0.3) is 6.08 Å². The smallest absolute Gasteiger partial charge is 0.303 e. The Morgan fingerprint density at radius 2 is 2.30 bits per heavy atom. The molecule has 4 nitrogen and oxygen atoms in total. The third kappa shape index (κ3) is 4.20. The van der Waals surface area contributed by atoms with Crippen molar-refractivity contribution in [2.24, 2.45) is 5.92 Å². The third-order valence-electron chi connectivity index (χ3n) is 3.45. The summed E-state index contributed by atoms with van der Waals surface area (Å²) in [5, 5.41) is 8.83. The number of piperidine rings is 1. The fourth-order valence-corrected chi connectivity index (χ4v) is 3.26. The minimum Gasteiger partial charge on any atom is -0.481 e. The molecule has 1 aliphatic rings. The van der Waals surface area contributed by atoms with Gasteiger partial charge in [-0.25, -0.2) is 0 Å². The van der Waals surface area contributed by atoms with Crippen molar-refractivity contribution in [3.8, 4) is 0 Å². The predicted molar refractivity (Wildman–Crippen MR) is 79.6 cm³/mol. The maximum Gasteiger partial charge on any atom is 0.303 e. The minimum absolute atomic E-state index is 0.0221. The first kappa shape index (κ1) is 14.8. The van der Waals surface area contributed by atoms with Gasteiger partial charge >= 0.3 is 5.97 Å². The molecular formula is C15H19NO3S. The molecule has 1 atom stereocenters. The minimum atomic E-state index is -0.783. The predicted octanol–water partition coefficient (Wildman–Crippen LogP) is 2.78. The number of rotatable bonds is 4. The molecule has 0 radical (unpaired) electrons. The maximum absolute atomic E-state index is 12.1. The number of thiophene rings is 1. The number of nitrogens with zero attached hydrogens (tertiary/aromatic N) is 1. The first-order valence-corrected chi connectivity index (χ1v) is 7.61. The van der Waals surface area contributed by atoms with E-state index in [1.807, 2.05) is 25.1 Å². The molecule has 1 amide bonds. The van der Waals surface area contributed by atoms with E-state index in [0.29, 0.717) is 6.54 Å². The van der Waals surface area contributed by atoms with Gasteiger partial charge in [-0.1, -0.05) is 0 Å². The van der Waals surface area contributed by atoms with E-state index >= 15 is 0 Å². The van der Waals surface area contributed by atoms with E-state index in [-0.39, 0.29) is 18.2 Å². The van der Waals surface area contributed by atoms with Crippen molar-refractivity contribution in [2.75, 3.05) is 13.1 Å². The van der Waals surface area contributed by atoms with E-state index in [4.69, 9.17) is 5.11 Å². The number of likely N-dealkylation sites (tertiary alicyclic amines) is 1. The second-order valence-electron chi connectivity index (χ2n) is 5.17. The lowest BCUT2D eigenvalue weighted by atomic mass is 9.95. The topological polar surface area (TPSA) is 57.6 Å². The number of aliphatic carboxylic acids is 1. The van der Waals surface area contributed by atoms with E-state index in [0.717, 1.165) is 24.3 Å². The van der Waals surface area contributed by atoms with Crippen molar-refractivity contribution in [2.45, 2.75) is 26.2 Å². The fraction of sp³-hybridized carbons (Fsp3) is 0.467. The molecule has 108 valence electrons. The van der Waals surface area contributed by atoms with Gasteiger partial charge in [0.15, 0.2) is 0 Å². The van der Waals surface area contributed by atoms with Crippen molar-refractivity contribution in [1.29, 1.82) is 0 Å². The van der Waals surface area contributed by atoms with E-state index in [1.54, 1.807) is 22.3 Å². The molecular weight excluding hydrogens is 274 g/mol. The van der Waals surface area contributed by atoms with Gasteiger partial charge in [0, 0.05) is 35.3 Å². The molecule has 5 heteroatoms. The second kappa shape index (κ2) is 6.70. The Morgan fingerprint density at radius 1 is 1.50 bits per heavy atom. The molecule has 1 aromatic heterocycles. The zero-order valence-electron chi connectivity index (χ0n) is 11.5. The Bertz CT molecular complexity index is 521. The Balaban J connectivity index is 1.91. The van der Waals surface area contributed by atoms with E-state index in [2.05, 4.69) is 0 Å². The van der Waals surface area contributed by atoms with E-state index in [1.165, 1.54) is 4.88 Å². The van der Waals surface area contributed by atoms with Crippen LogP contribution in [-0.4, -0.2) is 35.0 Å². The largest absolute Gasteiger partial charge is 0.481 e. The Morgan fingerprint density at radius 3 is 2.95 bits per heavy atom. The SMILES string of the molecule is Cc1ccc(C=CC(=O)N2CCCC(CC(=O)O)C2)s1. The van der Waals surface area contributed by atoms with Crippen molar-refractivity contribution < 1.29 is 14.7 Å². The van der Waals surface area contributed by atoms with Gasteiger partial charge in [-0.2, -0.15) is 0 Å². The van der Waals surface area contributed by atoms with Crippen LogP contribution in [0.5, 0.6) is 0 Å². The fourth-order valence-electron chi connectivity index (χ4n) is 2.48. The van der Waals surface area contributed by atoms with Crippen LogP contribution in [0.1, 0.15) is 29.0 Å². The number of amides is 1. The van der Waals surface area contributed by atoms with Crippen LogP contribution >= 0.6 is 11.3 Å². The standard InChI is InChI=1S/C15H19NO3S/c1-11-4-5-13(20-11)6-7-14(17)16-8-2-3-12(10-16)9-15(18)19/h4-7,12H,2-3,8-10H2,1H3,(H,18,19). The summed E-state index contributed by atoms with van der Waals surface area (Å²) in [6.45, 7) is 3.31. The monoisotopic (exact) mass is 293 g/mol. The number of carbonyl (C=O) groups excluding carboxylic acids is 1. The van der Waals surface area contributed by atoms with Gasteiger partial charge in [-0.3, -0.25) is 9.59 Å². The van der Waals surface area contributed by atoms with Crippen molar-refractivity contribution in [1.82, 2.24) is 4.90 Å². The average Bonchev–Trinajstić information content (AvgIpc) is 2.81. The molecule has 0 aliphatic carbocycles. The van der Waals surface area contributed by atoms with E-state index < -0.39 is 5.97 Å². The van der Waals surface area contributed by atoms with Gasteiger partial charge in [0.05, 0.1) is 0 Å². The molecule has 1 aromatic rings. The number of aryl methyl sites for hydroxylation is 1. The number of carboxylic acid groups (broad SMARTS) is 1. The van der Waals surface area contributed by atoms with Gasteiger partial charge < -0.3 is 10.0 Å². The van der Waals surface area contributed by atoms with Crippen LogP contribution in [0.2, 0.25) is 0 Å². The third-order valence-corrected chi connectivity index (χ3v) is 4.41. The van der Waals surface area contributed by atoms with Gasteiger partial charge in [-0.15, -0.1) is 11.3 Å². The zero-order chi connectivity index (χ0) is 14.5. The molecule has 20 heavy (non-hydrogen) atoms. The van der Waals surface area contributed by atoms with Gasteiger partial charge in [0.2, 0.25) is 5.91 Å². The van der Waals surface area contributed by atoms with E-state index in [9.17, 15) is 9.59 Å². The normalized spacial score (nSPS) is 19.4. The van der Waals surface area contributed by atoms with Crippen LogP contribution in [-0.2, 0) is 9.59 Å². The maximum atomic E-state index is 12.1. The Hall–Kier alpha value is -1.62. The number of carboxylic acids is 1. The van der Waals surface area contributed by atoms with Gasteiger partial charge in [0.1, 0.15) is 0 Å². The highest BCUT2D eigenvalue weighted by molar-refractivity contribution is 7.12. The van der Waals surface area contributed by atoms with Crippen LogP contribution in [0.4, 0.5) is 0 Å². The summed E-state index contributed by atoms with van der Waals surface area (Å²) in [5.41, 5.74) is 0. The molecule has 2 heterocycles. The van der Waals surface area contributed by atoms with Crippen LogP contribution in [0.15, 0.2) is 18.2 Å². The van der Waals surface area contributed by atoms with Gasteiger partial charge in [0.25, 0.3) is 0 Å². The Labute approximate surface area is 122 Å². The average molecular weight is 293 g/mol. The van der Waals surface area contributed by atoms with Crippen LogP contribution in [0, 0.1) is 12.8 Å². The molecule has 1 fully saturated rings. The first-order valence-electron chi connectivity index (χ1n) is 6.80. The highest BCUT2D eigenvalue weighted by Crippen LogP contribution is 2.21. The Kier molecular flexibility index (Phi) is 4.95. The highest BCUT2D eigenvalue weighted by Gasteiger charge is 2.23. The van der Waals surface area contributed by atoms with Crippen molar-refractivity contribution >= 4 is 29.3 Å². The summed E-state index contributed by atoms with van der Waals surface area (Å²) in [5.74, 6) is -0.720. The lowest BCUT2D eigenvalue weighted by Gasteiger charge is -2.31. The van der Waals surface area contributed by atoms with Crippen LogP contribution < -0.4 is 0 Å². The summed E-state index contributed by atoms with van der Waals surface area (Å²) in [6.07, 6.45) is 5.35. The van der Waals surface area contributed by atoms with Crippen LogP contribution in [0.3, 0.4) is 0 Å². The summed E-state index contributed by atoms with van der Waals surface area (Å²) in [6, 6.07) is 4.02. The summed E-state index contributed by atoms with van der Waals surface area (Å²) < 4.78 is 0. The molecule has 0 bridgehead atoms. The van der Waals surface area contributed by atoms with Gasteiger partial charge in [-0.05, 0) is 43.9 Å². The number of hydrogen-bond acceptors (Lipinski definition) is 3. The quantitative estimate of drug-likeness (QED) is 0.868. The molecule has 1 saturated heterocycles. The highest BCUT2D eigenvalue weighted by atomic mass is 32.1. The van der Waals surface area contributed by atoms with Crippen molar-refractivity contribution in [3.05, 3.63) is 28.0 Å². The number of carbonyl (C=O) groups is 2. The molecule has 0 saturated carbocycles. The molecule has 1 N–H and O–H groups in total. The molecule has 0 spiro atoms. The second-order valence-corrected chi connectivity index (χ2v) is 6.49. The molecule has 1 unspecified atom stereocenters. The molecule has 1 aliphatic heterocycles. The zero-order valence-corrected chi connectivity index (χ0v) is 12.4. The summed E-state index contributed by atoms with van der Waals surface area (Å²) in [7, 11) is 0. The summed E-state index contributed by atoms with van der Waals surface area (Å²) in [4.78, 5) is 26.9. The molecule has 2 rings (SSSR count). The number of hydrogen-bond donors (Lipinski definition) is 1.